The van der Waals surface area contributed by atoms with Gasteiger partial charge >= 0.3 is 0 Å². The molecule has 2 aromatic rings. The average molecular weight is 358 g/mol. The Kier molecular flexibility index (Phi) is 5.98. The van der Waals surface area contributed by atoms with Crippen molar-refractivity contribution in [3.63, 3.8) is 0 Å². The van der Waals surface area contributed by atoms with Crippen molar-refractivity contribution in [3.05, 3.63) is 64.7 Å². The number of para-hydroxylation sites is 1. The highest BCUT2D eigenvalue weighted by molar-refractivity contribution is 6.30. The number of aryl methyl sites for hydroxylation is 1. The summed E-state index contributed by atoms with van der Waals surface area (Å²) >= 11 is 5.98. The number of benzene rings is 2. The van der Waals surface area contributed by atoms with Gasteiger partial charge in [-0.2, -0.15) is 0 Å². The Morgan fingerprint density at radius 3 is 2.60 bits per heavy atom. The molecule has 25 heavy (non-hydrogen) atoms. The summed E-state index contributed by atoms with van der Waals surface area (Å²) in [6.45, 7) is 2.60. The fourth-order valence-corrected chi connectivity index (χ4v) is 3.20. The SMILES string of the molecule is CCOc1ccccc1CCC(=O)NC(c1ccc(Cl)cc1)C1CC1. The smallest absolute Gasteiger partial charge is 0.220 e. The number of carbonyl (C=O) groups excluding carboxylic acids is 1. The first kappa shape index (κ1) is 17.8. The highest BCUT2D eigenvalue weighted by atomic mass is 35.5. The minimum absolute atomic E-state index is 0.0816. The summed E-state index contributed by atoms with van der Waals surface area (Å²) in [5.74, 6) is 1.49. The fourth-order valence-electron chi connectivity index (χ4n) is 3.07. The van der Waals surface area contributed by atoms with Gasteiger partial charge in [-0.15, -0.1) is 0 Å². The summed E-state index contributed by atoms with van der Waals surface area (Å²) in [6.07, 6.45) is 3.47. The van der Waals surface area contributed by atoms with Crippen LogP contribution in [0.2, 0.25) is 5.02 Å². The van der Waals surface area contributed by atoms with Gasteiger partial charge in [0.05, 0.1) is 12.6 Å². The van der Waals surface area contributed by atoms with Crippen LogP contribution in [0.25, 0.3) is 0 Å². The second kappa shape index (κ2) is 8.39. The van der Waals surface area contributed by atoms with E-state index < -0.39 is 0 Å². The third kappa shape index (κ3) is 4.99. The number of carbonyl (C=O) groups is 1. The quantitative estimate of drug-likeness (QED) is 0.726. The van der Waals surface area contributed by atoms with E-state index in [4.69, 9.17) is 16.3 Å². The molecule has 0 saturated heterocycles. The molecule has 3 rings (SSSR count). The van der Waals surface area contributed by atoms with Gasteiger partial charge in [0.1, 0.15) is 5.75 Å². The first-order chi connectivity index (χ1) is 12.2. The Morgan fingerprint density at radius 1 is 1.20 bits per heavy atom. The molecule has 0 bridgehead atoms. The Bertz CT molecular complexity index is 710. The van der Waals surface area contributed by atoms with E-state index in [9.17, 15) is 4.79 Å². The summed E-state index contributed by atoms with van der Waals surface area (Å²) in [6, 6.07) is 15.8. The maximum atomic E-state index is 12.5. The lowest BCUT2D eigenvalue weighted by Gasteiger charge is -2.19. The second-order valence-electron chi connectivity index (χ2n) is 6.47. The van der Waals surface area contributed by atoms with E-state index in [2.05, 4.69) is 5.32 Å². The third-order valence-electron chi connectivity index (χ3n) is 4.53. The van der Waals surface area contributed by atoms with Crippen molar-refractivity contribution in [2.45, 2.75) is 38.6 Å². The zero-order valence-electron chi connectivity index (χ0n) is 14.5. The summed E-state index contributed by atoms with van der Waals surface area (Å²) < 4.78 is 5.63. The molecule has 3 nitrogen and oxygen atoms in total. The van der Waals surface area contributed by atoms with Crippen LogP contribution in [-0.4, -0.2) is 12.5 Å². The minimum atomic E-state index is 0.0816. The lowest BCUT2D eigenvalue weighted by atomic mass is 10.0. The predicted octanol–water partition coefficient (Wildman–Crippen LogP) is 4.94. The lowest BCUT2D eigenvalue weighted by molar-refractivity contribution is -0.122. The number of nitrogens with one attached hydrogen (secondary N) is 1. The minimum Gasteiger partial charge on any atom is -0.494 e. The molecule has 1 saturated carbocycles. The van der Waals surface area contributed by atoms with Crippen LogP contribution in [0.15, 0.2) is 48.5 Å². The zero-order valence-corrected chi connectivity index (χ0v) is 15.3. The lowest BCUT2D eigenvalue weighted by Crippen LogP contribution is -2.30. The molecule has 132 valence electrons. The molecule has 1 unspecified atom stereocenters. The average Bonchev–Trinajstić information content (AvgIpc) is 3.45. The van der Waals surface area contributed by atoms with Crippen molar-refractivity contribution < 1.29 is 9.53 Å². The molecule has 4 heteroatoms. The molecule has 0 aromatic heterocycles. The Labute approximate surface area is 154 Å². The van der Waals surface area contributed by atoms with Crippen LogP contribution in [0, 0.1) is 5.92 Å². The molecule has 0 radical (unpaired) electrons. The van der Waals surface area contributed by atoms with Gasteiger partial charge < -0.3 is 10.1 Å². The molecule has 1 N–H and O–H groups in total. The standard InChI is InChI=1S/C21H24ClNO2/c1-2-25-19-6-4-3-5-15(19)11-14-20(24)23-21(16-7-8-16)17-9-12-18(22)13-10-17/h3-6,9-10,12-13,16,21H,2,7-8,11,14H2,1H3,(H,23,24). The number of rotatable bonds is 8. The van der Waals surface area contributed by atoms with Crippen LogP contribution in [0.3, 0.4) is 0 Å². The molecule has 1 amide bonds. The number of hydrogen-bond acceptors (Lipinski definition) is 2. The van der Waals surface area contributed by atoms with Crippen LogP contribution >= 0.6 is 11.6 Å². The summed E-state index contributed by atoms with van der Waals surface area (Å²) in [5.41, 5.74) is 2.21. The van der Waals surface area contributed by atoms with Crippen LogP contribution in [0.4, 0.5) is 0 Å². The summed E-state index contributed by atoms with van der Waals surface area (Å²) in [7, 11) is 0. The molecular weight excluding hydrogens is 334 g/mol. The van der Waals surface area contributed by atoms with E-state index in [0.29, 0.717) is 25.4 Å². The number of amides is 1. The van der Waals surface area contributed by atoms with Crippen molar-refractivity contribution in [2.24, 2.45) is 5.92 Å². The van der Waals surface area contributed by atoms with Gasteiger partial charge in [-0.3, -0.25) is 4.79 Å². The van der Waals surface area contributed by atoms with Gasteiger partial charge in [0.2, 0.25) is 5.91 Å². The largest absolute Gasteiger partial charge is 0.494 e. The normalized spacial score (nSPS) is 14.8. The monoisotopic (exact) mass is 357 g/mol. The fraction of sp³-hybridized carbons (Fsp3) is 0.381. The van der Waals surface area contributed by atoms with E-state index in [0.717, 1.165) is 21.9 Å². The Morgan fingerprint density at radius 2 is 1.92 bits per heavy atom. The van der Waals surface area contributed by atoms with Crippen molar-refractivity contribution in [1.82, 2.24) is 5.32 Å². The van der Waals surface area contributed by atoms with Gasteiger partial charge in [-0.25, -0.2) is 0 Å². The van der Waals surface area contributed by atoms with Gasteiger partial charge in [0.15, 0.2) is 0 Å². The van der Waals surface area contributed by atoms with Crippen LogP contribution in [0.1, 0.15) is 43.4 Å². The number of ether oxygens (including phenoxy) is 1. The highest BCUT2D eigenvalue weighted by Gasteiger charge is 2.33. The first-order valence-electron chi connectivity index (χ1n) is 8.93. The van der Waals surface area contributed by atoms with Crippen molar-refractivity contribution >= 4 is 17.5 Å². The third-order valence-corrected chi connectivity index (χ3v) is 4.78. The van der Waals surface area contributed by atoms with E-state index in [1.165, 1.54) is 12.8 Å². The van der Waals surface area contributed by atoms with Crippen LogP contribution in [0.5, 0.6) is 5.75 Å². The number of hydrogen-bond donors (Lipinski definition) is 1. The van der Waals surface area contributed by atoms with Crippen molar-refractivity contribution in [1.29, 1.82) is 0 Å². The molecular formula is C21H24ClNO2. The number of halogens is 1. The van der Waals surface area contributed by atoms with Crippen molar-refractivity contribution in [2.75, 3.05) is 6.61 Å². The van der Waals surface area contributed by atoms with Crippen LogP contribution in [-0.2, 0) is 11.2 Å². The summed E-state index contributed by atoms with van der Waals surface area (Å²) in [4.78, 5) is 12.5. The van der Waals surface area contributed by atoms with Gasteiger partial charge in [-0.1, -0.05) is 41.9 Å². The first-order valence-corrected chi connectivity index (χ1v) is 9.30. The molecule has 2 aromatic carbocycles. The maximum Gasteiger partial charge on any atom is 0.220 e. The van der Waals surface area contributed by atoms with E-state index in [1.807, 2.05) is 55.5 Å². The van der Waals surface area contributed by atoms with E-state index in [1.54, 1.807) is 0 Å². The van der Waals surface area contributed by atoms with Crippen LogP contribution < -0.4 is 10.1 Å². The topological polar surface area (TPSA) is 38.3 Å². The molecule has 1 aliphatic carbocycles. The molecule has 0 aliphatic heterocycles. The molecule has 1 atom stereocenters. The molecule has 1 aliphatic rings. The second-order valence-corrected chi connectivity index (χ2v) is 6.91. The van der Waals surface area contributed by atoms with Gasteiger partial charge in [0, 0.05) is 11.4 Å². The summed E-state index contributed by atoms with van der Waals surface area (Å²) in [5, 5.41) is 3.93. The van der Waals surface area contributed by atoms with E-state index in [-0.39, 0.29) is 11.9 Å². The Hall–Kier alpha value is -2.00. The van der Waals surface area contributed by atoms with Crippen molar-refractivity contribution in [3.8, 4) is 5.75 Å². The van der Waals surface area contributed by atoms with Gasteiger partial charge in [0.25, 0.3) is 0 Å². The highest BCUT2D eigenvalue weighted by Crippen LogP contribution is 2.41. The zero-order chi connectivity index (χ0) is 17.6. The maximum absolute atomic E-state index is 12.5. The Balaban J connectivity index is 1.60. The molecule has 0 heterocycles. The molecule has 0 spiro atoms. The predicted molar refractivity (Wildman–Crippen MR) is 101 cm³/mol. The van der Waals surface area contributed by atoms with E-state index >= 15 is 0 Å². The molecule has 1 fully saturated rings. The van der Waals surface area contributed by atoms with Gasteiger partial charge in [-0.05, 0) is 61.4 Å².